The number of hydroxylamine groups is 1. The van der Waals surface area contributed by atoms with Crippen molar-refractivity contribution in [3.8, 4) is 0 Å². The minimum absolute atomic E-state index is 0.00196. The number of hydrogen-bond acceptors (Lipinski definition) is 6. The number of halogens is 1. The molecule has 2 heterocycles. The van der Waals surface area contributed by atoms with E-state index in [1.165, 1.54) is 6.20 Å². The number of carbonyl (C=O) groups is 1. The predicted molar refractivity (Wildman–Crippen MR) is 67.8 cm³/mol. The van der Waals surface area contributed by atoms with Gasteiger partial charge in [-0.2, -0.15) is 5.10 Å². The van der Waals surface area contributed by atoms with Gasteiger partial charge in [-0.05, 0) is 13.0 Å². The molecule has 4 N–H and O–H groups in total. The Morgan fingerprint density at radius 3 is 3.11 bits per heavy atom. The molecule has 19 heavy (non-hydrogen) atoms. The monoisotopic (exact) mass is 285 g/mol. The van der Waals surface area contributed by atoms with Gasteiger partial charge in [-0.1, -0.05) is 11.6 Å². The van der Waals surface area contributed by atoms with Crippen LogP contribution in [0, 0.1) is 0 Å². The fourth-order valence-corrected chi connectivity index (χ4v) is 1.57. The molecule has 0 saturated heterocycles. The molecule has 0 saturated carbocycles. The molecule has 2 rings (SSSR count). The zero-order valence-electron chi connectivity index (χ0n) is 10.0. The van der Waals surface area contributed by atoms with E-state index in [2.05, 4.69) is 15.9 Å². The van der Waals surface area contributed by atoms with Crippen molar-refractivity contribution in [3.05, 3.63) is 33.5 Å². The Labute approximate surface area is 113 Å². The molecule has 0 radical (unpaired) electrons. The largest absolute Gasteiger partial charge is 0.396 e. The number of nitrogen functional groups attached to an aromatic ring is 1. The van der Waals surface area contributed by atoms with E-state index < -0.39 is 11.5 Å². The molecular weight excluding hydrogens is 274 g/mol. The highest BCUT2D eigenvalue weighted by Crippen LogP contribution is 2.09. The van der Waals surface area contributed by atoms with Gasteiger partial charge >= 0.3 is 0 Å². The van der Waals surface area contributed by atoms with Gasteiger partial charge < -0.3 is 10.6 Å². The normalized spacial score (nSPS) is 17.8. The number of nitrogens with one attached hydrogen (secondary N) is 2. The fourth-order valence-electron chi connectivity index (χ4n) is 1.42. The van der Waals surface area contributed by atoms with E-state index in [0.717, 1.165) is 4.68 Å². The van der Waals surface area contributed by atoms with Gasteiger partial charge in [0.05, 0.1) is 17.9 Å². The zero-order chi connectivity index (χ0) is 14.0. The van der Waals surface area contributed by atoms with Crippen LogP contribution >= 0.6 is 11.6 Å². The van der Waals surface area contributed by atoms with Gasteiger partial charge in [0.25, 0.3) is 5.56 Å². The van der Waals surface area contributed by atoms with Gasteiger partial charge in [-0.25, -0.2) is 4.68 Å². The van der Waals surface area contributed by atoms with Gasteiger partial charge in [-0.15, -0.1) is 5.48 Å². The quantitative estimate of drug-likeness (QED) is 0.681. The highest BCUT2D eigenvalue weighted by molar-refractivity contribution is 6.32. The van der Waals surface area contributed by atoms with Gasteiger partial charge in [-0.3, -0.25) is 14.9 Å². The number of hydrogen-bond donors (Lipinski definition) is 3. The zero-order valence-corrected chi connectivity index (χ0v) is 10.8. The minimum atomic E-state index is -0.621. The van der Waals surface area contributed by atoms with Gasteiger partial charge in [0.2, 0.25) is 11.8 Å². The van der Waals surface area contributed by atoms with Crippen LogP contribution in [0.4, 0.5) is 5.69 Å². The van der Waals surface area contributed by atoms with Crippen LogP contribution in [0.15, 0.2) is 23.0 Å². The molecule has 102 valence electrons. The Balaban J connectivity index is 2.06. The molecule has 1 unspecified atom stereocenters. The van der Waals surface area contributed by atoms with Crippen LogP contribution in [0.1, 0.15) is 6.92 Å². The van der Waals surface area contributed by atoms with Crippen molar-refractivity contribution in [1.82, 2.24) is 20.6 Å². The molecule has 0 spiro atoms. The van der Waals surface area contributed by atoms with E-state index in [-0.39, 0.29) is 29.2 Å². The Bertz CT molecular complexity index is 597. The van der Waals surface area contributed by atoms with E-state index in [9.17, 15) is 9.59 Å². The van der Waals surface area contributed by atoms with E-state index in [1.54, 1.807) is 6.08 Å². The van der Waals surface area contributed by atoms with Crippen LogP contribution in [-0.2, 0) is 16.2 Å². The van der Waals surface area contributed by atoms with Crippen molar-refractivity contribution < 1.29 is 9.63 Å². The van der Waals surface area contributed by atoms with E-state index in [4.69, 9.17) is 22.2 Å². The summed E-state index contributed by atoms with van der Waals surface area (Å²) < 4.78 is 0.917. The van der Waals surface area contributed by atoms with Crippen molar-refractivity contribution in [1.29, 1.82) is 0 Å². The first-order valence-corrected chi connectivity index (χ1v) is 5.80. The first-order valence-electron chi connectivity index (χ1n) is 5.42. The molecule has 0 fully saturated rings. The molecule has 1 amide bonds. The summed E-state index contributed by atoms with van der Waals surface area (Å²) in [6, 6.07) is 0.00196. The molecule has 8 nitrogen and oxygen atoms in total. The number of rotatable bonds is 3. The average Bonchev–Trinajstić information content (AvgIpc) is 2.75. The van der Waals surface area contributed by atoms with Crippen molar-refractivity contribution >= 4 is 23.2 Å². The highest BCUT2D eigenvalue weighted by Gasteiger charge is 2.16. The summed E-state index contributed by atoms with van der Waals surface area (Å²) >= 11 is 5.68. The van der Waals surface area contributed by atoms with E-state index in [0.29, 0.717) is 0 Å². The van der Waals surface area contributed by atoms with Crippen molar-refractivity contribution in [2.24, 2.45) is 0 Å². The van der Waals surface area contributed by atoms with Crippen LogP contribution in [0.2, 0.25) is 5.02 Å². The summed E-state index contributed by atoms with van der Waals surface area (Å²) in [7, 11) is 0. The number of nitrogens with two attached hydrogens (primary N) is 1. The summed E-state index contributed by atoms with van der Waals surface area (Å²) in [5.74, 6) is -0.176. The number of carbonyl (C=O) groups excluding carboxylic acids is 1. The fraction of sp³-hybridized carbons (Fsp3) is 0.300. The summed E-state index contributed by atoms with van der Waals surface area (Å²) in [6.07, 6.45) is 2.90. The van der Waals surface area contributed by atoms with E-state index >= 15 is 0 Å². The van der Waals surface area contributed by atoms with Gasteiger partial charge in [0.15, 0.2) is 0 Å². The Morgan fingerprint density at radius 1 is 1.74 bits per heavy atom. The number of nitrogens with zero attached hydrogens (tertiary/aromatic N) is 2. The lowest BCUT2D eigenvalue weighted by Gasteiger charge is -2.07. The van der Waals surface area contributed by atoms with E-state index in [1.807, 2.05) is 6.92 Å². The molecule has 1 aliphatic rings. The second kappa shape index (κ2) is 5.29. The van der Waals surface area contributed by atoms with Crippen LogP contribution in [0.25, 0.3) is 0 Å². The second-order valence-electron chi connectivity index (χ2n) is 3.96. The smallest absolute Gasteiger partial charge is 0.288 e. The molecule has 1 aromatic rings. The number of amides is 1. The summed E-state index contributed by atoms with van der Waals surface area (Å²) in [4.78, 5) is 28.3. The molecule has 9 heteroatoms. The second-order valence-corrected chi connectivity index (χ2v) is 4.34. The Morgan fingerprint density at radius 2 is 2.47 bits per heavy atom. The summed E-state index contributed by atoms with van der Waals surface area (Å²) in [5, 5.41) is 6.05. The van der Waals surface area contributed by atoms with Crippen molar-refractivity contribution in [2.75, 3.05) is 5.73 Å². The maximum atomic E-state index is 11.7. The van der Waals surface area contributed by atoms with Gasteiger partial charge in [0.1, 0.15) is 11.6 Å². The van der Waals surface area contributed by atoms with Crippen LogP contribution in [0.5, 0.6) is 0 Å². The molecule has 1 aromatic heterocycles. The van der Waals surface area contributed by atoms with Crippen LogP contribution < -0.4 is 22.1 Å². The summed E-state index contributed by atoms with van der Waals surface area (Å²) in [6.45, 7) is 1.57. The van der Waals surface area contributed by atoms with Gasteiger partial charge in [0, 0.05) is 0 Å². The first-order chi connectivity index (χ1) is 8.97. The molecule has 0 aromatic carbocycles. The van der Waals surface area contributed by atoms with Crippen molar-refractivity contribution in [3.63, 3.8) is 0 Å². The predicted octanol–water partition coefficient (Wildman–Crippen LogP) is -0.640. The lowest BCUT2D eigenvalue weighted by molar-refractivity contribution is -0.122. The molecular formula is C10H12ClN5O3. The third kappa shape index (κ3) is 3.04. The molecule has 0 aliphatic carbocycles. The third-order valence-corrected chi connectivity index (χ3v) is 2.70. The Kier molecular flexibility index (Phi) is 3.72. The first kappa shape index (κ1) is 13.4. The standard InChI is InChI=1S/C10H12ClN5O3/c1-5-2-8(19-15-5)14-7(17)4-16-10(18)9(11)6(12)3-13-16/h2-3,5,15H,4,12H2,1H3,(H,14,17). The lowest BCUT2D eigenvalue weighted by atomic mass is 10.3. The highest BCUT2D eigenvalue weighted by atomic mass is 35.5. The maximum absolute atomic E-state index is 11.7. The SMILES string of the molecule is CC1C=C(NC(=O)Cn2ncc(N)c(Cl)c2=O)ON1. The number of anilines is 1. The minimum Gasteiger partial charge on any atom is -0.396 e. The van der Waals surface area contributed by atoms with Crippen molar-refractivity contribution in [2.45, 2.75) is 19.5 Å². The third-order valence-electron chi connectivity index (χ3n) is 2.32. The Hall–Kier alpha value is -2.06. The molecule has 1 atom stereocenters. The average molecular weight is 286 g/mol. The maximum Gasteiger partial charge on any atom is 0.288 e. The van der Waals surface area contributed by atoms with Crippen LogP contribution in [-0.4, -0.2) is 21.7 Å². The molecule has 0 bridgehead atoms. The molecule has 1 aliphatic heterocycles. The topological polar surface area (TPSA) is 111 Å². The lowest BCUT2D eigenvalue weighted by Crippen LogP contribution is -2.34. The van der Waals surface area contributed by atoms with Crippen LogP contribution in [0.3, 0.4) is 0 Å². The summed E-state index contributed by atoms with van der Waals surface area (Å²) in [5.41, 5.74) is 7.51. The number of aromatic nitrogens is 2.